The molecule has 26 heavy (non-hydrogen) atoms. The molecule has 0 amide bonds. The van der Waals surface area contributed by atoms with Crippen molar-refractivity contribution in [2.24, 2.45) is 0 Å². The summed E-state index contributed by atoms with van der Waals surface area (Å²) >= 11 is 0. The fourth-order valence-corrected chi connectivity index (χ4v) is 2.08. The molecule has 0 spiro atoms. The molecule has 0 fully saturated rings. The average molecular weight is 360 g/mol. The highest BCUT2D eigenvalue weighted by atomic mass is 16.6. The molecule has 0 aliphatic carbocycles. The number of hydrogen-bond donors (Lipinski definition) is 5. The van der Waals surface area contributed by atoms with Gasteiger partial charge in [0.15, 0.2) is 23.0 Å². The van der Waals surface area contributed by atoms with Gasteiger partial charge in [0.05, 0.1) is 0 Å². The Morgan fingerprint density at radius 2 is 1.54 bits per heavy atom. The van der Waals surface area contributed by atoms with E-state index >= 15 is 0 Å². The molecular weight excluding hydrogens is 344 g/mol. The Balaban J connectivity index is 2.05. The maximum atomic E-state index is 11.8. The molecule has 0 heterocycles. The minimum Gasteiger partial charge on any atom is -0.504 e. The number of ether oxygens (including phenoxy) is 1. The van der Waals surface area contributed by atoms with Crippen LogP contribution in [0, 0.1) is 0 Å². The molecule has 0 aliphatic rings. The highest BCUT2D eigenvalue weighted by molar-refractivity contribution is 5.89. The predicted octanol–water partition coefficient (Wildman–Crippen LogP) is 1.76. The fourth-order valence-electron chi connectivity index (χ4n) is 2.08. The minimum absolute atomic E-state index is 0.206. The molecule has 2 aromatic rings. The quantitative estimate of drug-likeness (QED) is 0.298. The first-order chi connectivity index (χ1) is 12.3. The second-order valence-corrected chi connectivity index (χ2v) is 5.37. The molecule has 136 valence electrons. The molecule has 0 saturated carbocycles. The topological polar surface area (TPSA) is 145 Å². The zero-order chi connectivity index (χ0) is 19.3. The van der Waals surface area contributed by atoms with E-state index in [1.54, 1.807) is 0 Å². The average Bonchev–Trinajstić information content (AvgIpc) is 2.58. The SMILES string of the molecule is O=C(/C=C\c1ccc(O)c(O)c1)O[C@H](Cc1ccc(O)c(O)c1)C(=O)O. The standard InChI is InChI=1S/C18H16O8/c19-12-4-1-10(7-14(12)21)3-6-17(23)26-16(18(24)25)9-11-2-5-13(20)15(22)8-11/h1-8,16,19-22H,9H2,(H,24,25)/b6-3-/t16-/m1/s1. The number of phenolic OH excluding ortho intramolecular Hbond substituents is 4. The van der Waals surface area contributed by atoms with Crippen molar-refractivity contribution >= 4 is 18.0 Å². The number of carboxylic acid groups (broad SMARTS) is 1. The first-order valence-electron chi connectivity index (χ1n) is 7.40. The van der Waals surface area contributed by atoms with Gasteiger partial charge in [0.2, 0.25) is 6.10 Å². The van der Waals surface area contributed by atoms with Crippen LogP contribution >= 0.6 is 0 Å². The summed E-state index contributed by atoms with van der Waals surface area (Å²) in [4.78, 5) is 23.1. The maximum Gasteiger partial charge on any atom is 0.345 e. The molecule has 0 bridgehead atoms. The smallest absolute Gasteiger partial charge is 0.345 e. The molecular formula is C18H16O8. The molecule has 2 rings (SSSR count). The van der Waals surface area contributed by atoms with E-state index in [4.69, 9.17) is 4.74 Å². The van der Waals surface area contributed by atoms with E-state index in [9.17, 15) is 35.1 Å². The lowest BCUT2D eigenvalue weighted by molar-refractivity contribution is -0.160. The van der Waals surface area contributed by atoms with Gasteiger partial charge in [0.25, 0.3) is 0 Å². The number of phenols is 4. The number of carbonyl (C=O) groups is 2. The predicted molar refractivity (Wildman–Crippen MR) is 89.8 cm³/mol. The van der Waals surface area contributed by atoms with Gasteiger partial charge < -0.3 is 30.3 Å². The van der Waals surface area contributed by atoms with Crippen LogP contribution in [0.25, 0.3) is 6.08 Å². The number of benzene rings is 2. The van der Waals surface area contributed by atoms with Crippen molar-refractivity contribution < 1.29 is 39.9 Å². The number of carbonyl (C=O) groups excluding carboxylic acids is 1. The summed E-state index contributed by atoms with van der Waals surface area (Å²) in [6.07, 6.45) is 0.565. The number of carboxylic acids is 1. The van der Waals surface area contributed by atoms with Crippen LogP contribution in [0.2, 0.25) is 0 Å². The molecule has 0 radical (unpaired) electrons. The maximum absolute atomic E-state index is 11.8. The lowest BCUT2D eigenvalue weighted by Crippen LogP contribution is -2.28. The van der Waals surface area contributed by atoms with E-state index in [0.717, 1.165) is 6.08 Å². The molecule has 5 N–H and O–H groups in total. The first kappa shape index (κ1) is 18.7. The molecule has 0 unspecified atom stereocenters. The third-order valence-electron chi connectivity index (χ3n) is 3.41. The van der Waals surface area contributed by atoms with Crippen molar-refractivity contribution in [1.29, 1.82) is 0 Å². The Morgan fingerprint density at radius 1 is 0.923 bits per heavy atom. The molecule has 2 aromatic carbocycles. The van der Waals surface area contributed by atoms with Crippen molar-refractivity contribution in [1.82, 2.24) is 0 Å². The molecule has 1 atom stereocenters. The normalized spacial score (nSPS) is 12.0. The summed E-state index contributed by atoms with van der Waals surface area (Å²) in [6, 6.07) is 7.65. The van der Waals surface area contributed by atoms with E-state index in [-0.39, 0.29) is 23.7 Å². The van der Waals surface area contributed by atoms with E-state index in [1.165, 1.54) is 42.5 Å². The Hall–Kier alpha value is -3.68. The second kappa shape index (κ2) is 7.93. The van der Waals surface area contributed by atoms with Crippen molar-refractivity contribution in [3.63, 3.8) is 0 Å². The highest BCUT2D eigenvalue weighted by Crippen LogP contribution is 2.26. The van der Waals surface area contributed by atoms with Crippen molar-refractivity contribution in [2.45, 2.75) is 12.5 Å². The Kier molecular flexibility index (Phi) is 5.69. The molecule has 0 aromatic heterocycles. The van der Waals surface area contributed by atoms with Crippen LogP contribution in [-0.4, -0.2) is 43.6 Å². The summed E-state index contributed by atoms with van der Waals surface area (Å²) in [5, 5.41) is 46.5. The Bertz CT molecular complexity index is 856. The summed E-state index contributed by atoms with van der Waals surface area (Å²) in [5.41, 5.74) is 0.750. The number of aromatic hydroxyl groups is 4. The highest BCUT2D eigenvalue weighted by Gasteiger charge is 2.22. The van der Waals surface area contributed by atoms with E-state index in [2.05, 4.69) is 0 Å². The van der Waals surface area contributed by atoms with Gasteiger partial charge in [-0.05, 0) is 41.5 Å². The lowest BCUT2D eigenvalue weighted by atomic mass is 10.1. The van der Waals surface area contributed by atoms with Gasteiger partial charge in [0.1, 0.15) is 0 Å². The van der Waals surface area contributed by atoms with Crippen LogP contribution in [0.5, 0.6) is 23.0 Å². The number of hydrogen-bond acceptors (Lipinski definition) is 7. The van der Waals surface area contributed by atoms with Gasteiger partial charge in [-0.3, -0.25) is 0 Å². The Morgan fingerprint density at radius 3 is 2.12 bits per heavy atom. The monoisotopic (exact) mass is 360 g/mol. The van der Waals surface area contributed by atoms with Crippen molar-refractivity contribution in [2.75, 3.05) is 0 Å². The van der Waals surface area contributed by atoms with Gasteiger partial charge in [-0.1, -0.05) is 12.1 Å². The van der Waals surface area contributed by atoms with Crippen LogP contribution in [0.3, 0.4) is 0 Å². The van der Waals surface area contributed by atoms with Gasteiger partial charge >= 0.3 is 11.9 Å². The molecule has 8 nitrogen and oxygen atoms in total. The Labute approximate surface area is 147 Å². The number of esters is 1. The molecule has 8 heteroatoms. The van der Waals surface area contributed by atoms with Gasteiger partial charge in [0, 0.05) is 12.5 Å². The van der Waals surface area contributed by atoms with E-state index < -0.39 is 23.8 Å². The van der Waals surface area contributed by atoms with Crippen molar-refractivity contribution in [3.8, 4) is 23.0 Å². The zero-order valence-corrected chi connectivity index (χ0v) is 13.4. The van der Waals surface area contributed by atoms with Gasteiger partial charge in [-0.15, -0.1) is 0 Å². The van der Waals surface area contributed by atoms with E-state index in [0.29, 0.717) is 11.1 Å². The van der Waals surface area contributed by atoms with Crippen LogP contribution in [-0.2, 0) is 20.7 Å². The van der Waals surface area contributed by atoms with Gasteiger partial charge in [-0.25, -0.2) is 9.59 Å². The van der Waals surface area contributed by atoms with Crippen molar-refractivity contribution in [3.05, 3.63) is 53.6 Å². The van der Waals surface area contributed by atoms with Crippen LogP contribution in [0.1, 0.15) is 11.1 Å². The summed E-state index contributed by atoms with van der Waals surface area (Å²) in [5.74, 6) is -3.74. The van der Waals surface area contributed by atoms with Gasteiger partial charge in [-0.2, -0.15) is 0 Å². The third kappa shape index (κ3) is 4.91. The second-order valence-electron chi connectivity index (χ2n) is 5.37. The summed E-state index contributed by atoms with van der Waals surface area (Å²) in [6.45, 7) is 0. The number of rotatable bonds is 6. The zero-order valence-electron chi connectivity index (χ0n) is 13.4. The van der Waals surface area contributed by atoms with Crippen LogP contribution in [0.4, 0.5) is 0 Å². The van der Waals surface area contributed by atoms with Crippen LogP contribution < -0.4 is 0 Å². The van der Waals surface area contributed by atoms with E-state index in [1.807, 2.05) is 0 Å². The third-order valence-corrected chi connectivity index (χ3v) is 3.41. The first-order valence-corrected chi connectivity index (χ1v) is 7.40. The summed E-state index contributed by atoms with van der Waals surface area (Å²) < 4.78 is 4.88. The fraction of sp³-hybridized carbons (Fsp3) is 0.111. The lowest BCUT2D eigenvalue weighted by Gasteiger charge is -2.13. The van der Waals surface area contributed by atoms with Crippen LogP contribution in [0.15, 0.2) is 42.5 Å². The largest absolute Gasteiger partial charge is 0.504 e. The molecule has 0 saturated heterocycles. The molecule has 0 aliphatic heterocycles. The minimum atomic E-state index is -1.50. The summed E-state index contributed by atoms with van der Waals surface area (Å²) in [7, 11) is 0. The number of aliphatic carboxylic acids is 1.